The van der Waals surface area contributed by atoms with Gasteiger partial charge in [0, 0.05) is 6.20 Å². The zero-order chi connectivity index (χ0) is 19.0. The summed E-state index contributed by atoms with van der Waals surface area (Å²) in [7, 11) is 0. The third-order valence-electron chi connectivity index (χ3n) is 4.73. The Morgan fingerprint density at radius 1 is 1.12 bits per heavy atom. The smallest absolute Gasteiger partial charge is 0.327 e. The molecule has 136 valence electrons. The van der Waals surface area contributed by atoms with Crippen LogP contribution in [0.25, 0.3) is 0 Å². The van der Waals surface area contributed by atoms with Gasteiger partial charge in [0.2, 0.25) is 0 Å². The number of rotatable bonds is 4. The van der Waals surface area contributed by atoms with Crippen LogP contribution in [0.3, 0.4) is 0 Å². The molecule has 7 nitrogen and oxygen atoms in total. The number of carboxylic acid groups (broad SMARTS) is 1. The molecule has 0 aromatic heterocycles. The molecule has 26 heavy (non-hydrogen) atoms. The fourth-order valence-electron chi connectivity index (χ4n) is 3.50. The Hall–Kier alpha value is -2.96. The summed E-state index contributed by atoms with van der Waals surface area (Å²) in [5.74, 6) is -3.03. The number of aliphatic carboxylic acids is 1. The maximum Gasteiger partial charge on any atom is 0.327 e. The van der Waals surface area contributed by atoms with Crippen molar-refractivity contribution in [2.75, 3.05) is 0 Å². The number of fused-ring (bicyclic) bond motifs is 1. The van der Waals surface area contributed by atoms with E-state index >= 15 is 0 Å². The van der Waals surface area contributed by atoms with Gasteiger partial charge in [-0.05, 0) is 30.9 Å². The first-order valence-corrected chi connectivity index (χ1v) is 8.53. The maximum atomic E-state index is 13.1. The van der Waals surface area contributed by atoms with Crippen molar-refractivity contribution >= 4 is 23.7 Å². The summed E-state index contributed by atoms with van der Waals surface area (Å²) in [6.07, 6.45) is 3.89. The second-order valence-corrected chi connectivity index (χ2v) is 6.78. The van der Waals surface area contributed by atoms with Gasteiger partial charge < -0.3 is 10.0 Å². The number of imide groups is 1. The first-order chi connectivity index (χ1) is 12.3. The van der Waals surface area contributed by atoms with E-state index in [1.807, 2.05) is 0 Å². The minimum atomic E-state index is -1.12. The number of carbonyl (C=O) groups excluding carboxylic acids is 3. The fourth-order valence-corrected chi connectivity index (χ4v) is 3.50. The van der Waals surface area contributed by atoms with Crippen LogP contribution in [0, 0.1) is 5.92 Å². The largest absolute Gasteiger partial charge is 0.480 e. The molecule has 2 aliphatic heterocycles. The monoisotopic (exact) mass is 356 g/mol. The quantitative estimate of drug-likeness (QED) is 0.832. The Morgan fingerprint density at radius 2 is 1.69 bits per heavy atom. The first-order valence-electron chi connectivity index (χ1n) is 8.53. The van der Waals surface area contributed by atoms with Crippen LogP contribution in [0.5, 0.6) is 0 Å². The molecule has 2 atom stereocenters. The number of allylic oxidation sites excluding steroid dienone is 1. The summed E-state index contributed by atoms with van der Waals surface area (Å²) >= 11 is 0. The lowest BCUT2D eigenvalue weighted by atomic mass is 10.0. The molecular weight excluding hydrogens is 336 g/mol. The van der Waals surface area contributed by atoms with E-state index in [9.17, 15) is 24.3 Å². The Morgan fingerprint density at radius 3 is 2.19 bits per heavy atom. The van der Waals surface area contributed by atoms with Crippen LogP contribution < -0.4 is 0 Å². The van der Waals surface area contributed by atoms with Gasteiger partial charge in [-0.15, -0.1) is 0 Å². The number of nitrogens with zero attached hydrogens (tertiary/aromatic N) is 2. The topological polar surface area (TPSA) is 95.0 Å². The maximum absolute atomic E-state index is 13.1. The van der Waals surface area contributed by atoms with Gasteiger partial charge in [0.15, 0.2) is 0 Å². The molecule has 0 radical (unpaired) electrons. The van der Waals surface area contributed by atoms with E-state index in [0.717, 1.165) is 9.80 Å². The second-order valence-electron chi connectivity index (χ2n) is 6.78. The molecule has 1 unspecified atom stereocenters. The Labute approximate surface area is 150 Å². The molecule has 3 amide bonds. The van der Waals surface area contributed by atoms with Gasteiger partial charge in [0.05, 0.1) is 11.1 Å². The number of hydrogen-bond donors (Lipinski definition) is 1. The van der Waals surface area contributed by atoms with Crippen LogP contribution in [0.15, 0.2) is 36.5 Å². The summed E-state index contributed by atoms with van der Waals surface area (Å²) < 4.78 is 0. The molecule has 0 bridgehead atoms. The van der Waals surface area contributed by atoms with Crippen LogP contribution >= 0.6 is 0 Å². The number of carboxylic acids is 1. The summed E-state index contributed by atoms with van der Waals surface area (Å²) in [6.45, 7) is 3.42. The van der Waals surface area contributed by atoms with Gasteiger partial charge in [0.1, 0.15) is 12.1 Å². The van der Waals surface area contributed by atoms with Gasteiger partial charge in [-0.1, -0.05) is 32.1 Å². The minimum Gasteiger partial charge on any atom is -0.480 e. The highest BCUT2D eigenvalue weighted by Crippen LogP contribution is 2.29. The second kappa shape index (κ2) is 6.74. The zero-order valence-corrected chi connectivity index (χ0v) is 14.6. The molecule has 0 fully saturated rings. The molecular formula is C19H20N2O5. The highest BCUT2D eigenvalue weighted by atomic mass is 16.4. The van der Waals surface area contributed by atoms with E-state index in [1.54, 1.807) is 44.2 Å². The molecule has 3 rings (SSSR count). The lowest BCUT2D eigenvalue weighted by Gasteiger charge is -2.32. The van der Waals surface area contributed by atoms with Crippen LogP contribution in [0.2, 0.25) is 0 Å². The molecule has 0 spiro atoms. The molecule has 0 aliphatic carbocycles. The van der Waals surface area contributed by atoms with E-state index in [4.69, 9.17) is 0 Å². The van der Waals surface area contributed by atoms with Crippen molar-refractivity contribution in [1.29, 1.82) is 0 Å². The van der Waals surface area contributed by atoms with Crippen LogP contribution in [0.1, 0.15) is 47.4 Å². The van der Waals surface area contributed by atoms with Crippen LogP contribution in [-0.4, -0.2) is 50.7 Å². The lowest BCUT2D eigenvalue weighted by molar-refractivity contribution is -0.151. The van der Waals surface area contributed by atoms with E-state index in [1.165, 1.54) is 6.20 Å². The van der Waals surface area contributed by atoms with E-state index < -0.39 is 35.8 Å². The van der Waals surface area contributed by atoms with Crippen LogP contribution in [0.4, 0.5) is 0 Å². The third-order valence-corrected chi connectivity index (χ3v) is 4.73. The number of hydrogen-bond acceptors (Lipinski definition) is 4. The highest BCUT2D eigenvalue weighted by Gasteiger charge is 2.45. The SMILES string of the molecule is CC(C)[C@@H](C(=O)O)N1C=CCCC(N2C(=O)c3ccccc3C2=O)C1=O. The normalized spacial score (nSPS) is 21.2. The van der Waals surface area contributed by atoms with Gasteiger partial charge in [0.25, 0.3) is 17.7 Å². The van der Waals surface area contributed by atoms with Gasteiger partial charge in [-0.25, -0.2) is 4.79 Å². The Bertz CT molecular complexity index is 779. The molecule has 1 aromatic rings. The van der Waals surface area contributed by atoms with Crippen molar-refractivity contribution in [3.8, 4) is 0 Å². The molecule has 0 saturated heterocycles. The molecule has 7 heteroatoms. The summed E-state index contributed by atoms with van der Waals surface area (Å²) in [4.78, 5) is 52.3. The fraction of sp³-hybridized carbons (Fsp3) is 0.368. The third kappa shape index (κ3) is 2.79. The van der Waals surface area contributed by atoms with E-state index in [2.05, 4.69) is 0 Å². The van der Waals surface area contributed by atoms with Crippen molar-refractivity contribution in [2.45, 2.75) is 38.8 Å². The summed E-state index contributed by atoms with van der Waals surface area (Å²) in [6, 6.07) is 4.36. The molecule has 2 heterocycles. The standard InChI is InChI=1S/C19H20N2O5/c1-11(2)15(19(25)26)20-10-6-5-9-14(18(20)24)21-16(22)12-7-3-4-8-13(12)17(21)23/h3-4,6-8,10-11,14-15H,5,9H2,1-2H3,(H,25,26)/t14?,15-/m0/s1. The molecule has 0 saturated carbocycles. The number of amides is 3. The molecule has 1 aromatic carbocycles. The molecule has 2 aliphatic rings. The summed E-state index contributed by atoms with van der Waals surface area (Å²) in [5, 5.41) is 9.53. The zero-order valence-electron chi connectivity index (χ0n) is 14.6. The lowest BCUT2D eigenvalue weighted by Crippen LogP contribution is -2.54. The van der Waals surface area contributed by atoms with Crippen molar-refractivity contribution in [1.82, 2.24) is 9.80 Å². The number of benzene rings is 1. The summed E-state index contributed by atoms with van der Waals surface area (Å²) in [5.41, 5.74) is 0.542. The van der Waals surface area contributed by atoms with Gasteiger partial charge in [-0.2, -0.15) is 0 Å². The highest BCUT2D eigenvalue weighted by molar-refractivity contribution is 6.22. The van der Waals surface area contributed by atoms with E-state index in [-0.39, 0.29) is 23.5 Å². The molecule has 1 N–H and O–H groups in total. The minimum absolute atomic E-state index is 0.266. The Balaban J connectivity index is 1.96. The predicted octanol–water partition coefficient (Wildman–Crippen LogP) is 1.90. The number of carbonyl (C=O) groups is 4. The van der Waals surface area contributed by atoms with Crippen molar-refractivity contribution < 1.29 is 24.3 Å². The van der Waals surface area contributed by atoms with Crippen molar-refractivity contribution in [2.24, 2.45) is 5.92 Å². The van der Waals surface area contributed by atoms with Crippen molar-refractivity contribution in [3.63, 3.8) is 0 Å². The van der Waals surface area contributed by atoms with Crippen LogP contribution in [-0.2, 0) is 9.59 Å². The van der Waals surface area contributed by atoms with Crippen molar-refractivity contribution in [3.05, 3.63) is 47.7 Å². The van der Waals surface area contributed by atoms with Gasteiger partial charge in [-0.3, -0.25) is 19.3 Å². The van der Waals surface area contributed by atoms with Gasteiger partial charge >= 0.3 is 5.97 Å². The average Bonchev–Trinajstić information content (AvgIpc) is 2.72. The Kier molecular flexibility index (Phi) is 4.63. The first kappa shape index (κ1) is 17.8. The van der Waals surface area contributed by atoms with E-state index in [0.29, 0.717) is 6.42 Å². The predicted molar refractivity (Wildman–Crippen MR) is 92.2 cm³/mol. The average molecular weight is 356 g/mol.